The number of benzene rings is 2. The minimum Gasteiger partial charge on any atom is -0.338 e. The molecule has 0 atom stereocenters. The average Bonchev–Trinajstić information content (AvgIpc) is 2.73. The zero-order valence-electron chi connectivity index (χ0n) is 16.7. The van der Waals surface area contributed by atoms with Crippen molar-refractivity contribution in [3.05, 3.63) is 65.2 Å². The maximum atomic E-state index is 12.6. The summed E-state index contributed by atoms with van der Waals surface area (Å²) in [5.41, 5.74) is 1.89. The maximum absolute atomic E-state index is 12.6. The number of halogens is 3. The second-order valence-electron chi connectivity index (χ2n) is 7.17. The van der Waals surface area contributed by atoms with Crippen molar-refractivity contribution in [1.29, 1.82) is 0 Å². The van der Waals surface area contributed by atoms with Gasteiger partial charge in [0.05, 0.1) is 5.56 Å². The molecule has 0 saturated heterocycles. The topological polar surface area (TPSA) is 52.7 Å². The molecule has 8 heteroatoms. The predicted molar refractivity (Wildman–Crippen MR) is 108 cm³/mol. The summed E-state index contributed by atoms with van der Waals surface area (Å²) in [6.07, 6.45) is -3.42. The smallest absolute Gasteiger partial charge is 0.338 e. The van der Waals surface area contributed by atoms with Crippen LogP contribution in [0.5, 0.6) is 0 Å². The number of alkyl halides is 3. The van der Waals surface area contributed by atoms with Crippen LogP contribution in [0.3, 0.4) is 0 Å². The summed E-state index contributed by atoms with van der Waals surface area (Å²) < 4.78 is 37.9. The molecular formula is C22H24F3N3O2. The Morgan fingerprint density at radius 1 is 1.07 bits per heavy atom. The molecule has 160 valence electrons. The summed E-state index contributed by atoms with van der Waals surface area (Å²) >= 11 is 0. The van der Waals surface area contributed by atoms with Gasteiger partial charge < -0.3 is 15.1 Å². The fraction of sp³-hybridized carbons (Fsp3) is 0.364. The van der Waals surface area contributed by atoms with Gasteiger partial charge in [-0.2, -0.15) is 13.2 Å². The van der Waals surface area contributed by atoms with Crippen LogP contribution < -0.4 is 5.32 Å². The molecule has 0 fully saturated rings. The summed E-state index contributed by atoms with van der Waals surface area (Å²) in [6.45, 7) is 3.62. The Kier molecular flexibility index (Phi) is 6.64. The molecule has 2 aromatic carbocycles. The lowest BCUT2D eigenvalue weighted by molar-refractivity contribution is -0.137. The predicted octanol–water partition coefficient (Wildman–Crippen LogP) is 4.53. The van der Waals surface area contributed by atoms with Gasteiger partial charge >= 0.3 is 12.2 Å². The highest BCUT2D eigenvalue weighted by atomic mass is 19.4. The van der Waals surface area contributed by atoms with Gasteiger partial charge in [-0.15, -0.1) is 0 Å². The molecule has 30 heavy (non-hydrogen) atoms. The van der Waals surface area contributed by atoms with Crippen LogP contribution >= 0.6 is 0 Å². The van der Waals surface area contributed by atoms with Crippen LogP contribution in [0.4, 0.5) is 23.7 Å². The third kappa shape index (κ3) is 5.31. The Labute approximate surface area is 173 Å². The maximum Gasteiger partial charge on any atom is 0.416 e. The first-order valence-electron chi connectivity index (χ1n) is 9.85. The van der Waals surface area contributed by atoms with E-state index >= 15 is 0 Å². The standard InChI is InChI=1S/C22H24F3N3O2/c1-2-27(21(30)26-19-9-7-18(8-10-19)22(23,24)25)14-12-20(29)28-13-11-16-5-3-4-6-17(16)15-28/h3-10H,2,11-15H2,1H3,(H,26,30). The molecule has 0 unspecified atom stereocenters. The normalized spacial score (nSPS) is 13.5. The van der Waals surface area contributed by atoms with Crippen molar-refractivity contribution in [3.63, 3.8) is 0 Å². The highest BCUT2D eigenvalue weighted by Crippen LogP contribution is 2.29. The molecule has 0 radical (unpaired) electrons. The van der Waals surface area contributed by atoms with Crippen LogP contribution in [-0.2, 0) is 23.9 Å². The van der Waals surface area contributed by atoms with Gasteiger partial charge in [-0.05, 0) is 48.7 Å². The molecule has 0 aromatic heterocycles. The zero-order valence-corrected chi connectivity index (χ0v) is 16.7. The first-order valence-corrected chi connectivity index (χ1v) is 9.85. The first-order chi connectivity index (χ1) is 14.3. The Hall–Kier alpha value is -3.03. The molecule has 3 amide bonds. The van der Waals surface area contributed by atoms with Crippen molar-refractivity contribution in [3.8, 4) is 0 Å². The number of nitrogens with zero attached hydrogens (tertiary/aromatic N) is 2. The third-order valence-corrected chi connectivity index (χ3v) is 5.21. The van der Waals surface area contributed by atoms with Gasteiger partial charge in [-0.1, -0.05) is 24.3 Å². The lowest BCUT2D eigenvalue weighted by atomic mass is 10.00. The van der Waals surface area contributed by atoms with E-state index in [1.54, 1.807) is 11.8 Å². The molecule has 0 aliphatic carbocycles. The number of rotatable bonds is 5. The van der Waals surface area contributed by atoms with Crippen molar-refractivity contribution in [2.75, 3.05) is 25.0 Å². The number of anilines is 1. The van der Waals surface area contributed by atoms with Gasteiger partial charge in [0.15, 0.2) is 0 Å². The number of nitrogens with one attached hydrogen (secondary N) is 1. The van der Waals surface area contributed by atoms with Gasteiger partial charge in [0, 0.05) is 38.3 Å². The lowest BCUT2D eigenvalue weighted by Crippen LogP contribution is -2.40. The monoisotopic (exact) mass is 419 g/mol. The number of urea groups is 1. The second kappa shape index (κ2) is 9.19. The fourth-order valence-electron chi connectivity index (χ4n) is 3.45. The van der Waals surface area contributed by atoms with Crippen molar-refractivity contribution in [2.45, 2.75) is 32.5 Å². The summed E-state index contributed by atoms with van der Waals surface area (Å²) in [5, 5.41) is 2.58. The van der Waals surface area contributed by atoms with Gasteiger partial charge in [-0.3, -0.25) is 4.79 Å². The van der Waals surface area contributed by atoms with Gasteiger partial charge in [0.1, 0.15) is 0 Å². The molecule has 3 rings (SSSR count). The molecule has 1 aliphatic rings. The SMILES string of the molecule is CCN(CCC(=O)N1CCc2ccccc2C1)C(=O)Nc1ccc(C(F)(F)F)cc1. The van der Waals surface area contributed by atoms with E-state index in [1.807, 2.05) is 18.2 Å². The van der Waals surface area contributed by atoms with Crippen LogP contribution in [0.15, 0.2) is 48.5 Å². The molecule has 0 spiro atoms. The quantitative estimate of drug-likeness (QED) is 0.774. The van der Waals surface area contributed by atoms with E-state index in [4.69, 9.17) is 0 Å². The number of hydrogen-bond donors (Lipinski definition) is 1. The molecular weight excluding hydrogens is 395 g/mol. The van der Waals surface area contributed by atoms with Crippen molar-refractivity contribution >= 4 is 17.6 Å². The van der Waals surface area contributed by atoms with E-state index in [0.717, 1.165) is 24.1 Å². The third-order valence-electron chi connectivity index (χ3n) is 5.21. The van der Waals surface area contributed by atoms with Crippen LogP contribution in [0.2, 0.25) is 0 Å². The Balaban J connectivity index is 1.52. The second-order valence-corrected chi connectivity index (χ2v) is 7.17. The highest BCUT2D eigenvalue weighted by molar-refractivity contribution is 5.89. The molecule has 1 aliphatic heterocycles. The number of amides is 3. The number of hydrogen-bond acceptors (Lipinski definition) is 2. The van der Waals surface area contributed by atoms with Crippen LogP contribution in [0.1, 0.15) is 30.0 Å². The molecule has 0 saturated carbocycles. The molecule has 0 bridgehead atoms. The Morgan fingerprint density at radius 3 is 2.37 bits per heavy atom. The van der Waals surface area contributed by atoms with E-state index in [2.05, 4.69) is 11.4 Å². The highest BCUT2D eigenvalue weighted by Gasteiger charge is 2.30. The number of carbonyl (C=O) groups excluding carboxylic acids is 2. The van der Waals surface area contributed by atoms with Crippen molar-refractivity contribution < 1.29 is 22.8 Å². The van der Waals surface area contributed by atoms with E-state index in [0.29, 0.717) is 19.6 Å². The minimum atomic E-state index is -4.42. The van der Waals surface area contributed by atoms with Gasteiger partial charge in [0.25, 0.3) is 0 Å². The number of carbonyl (C=O) groups is 2. The largest absolute Gasteiger partial charge is 0.416 e. The molecule has 1 heterocycles. The van der Waals surface area contributed by atoms with Crippen molar-refractivity contribution in [2.24, 2.45) is 0 Å². The zero-order chi connectivity index (χ0) is 21.7. The molecule has 1 N–H and O–H groups in total. The van der Waals surface area contributed by atoms with Crippen LogP contribution in [0.25, 0.3) is 0 Å². The lowest BCUT2D eigenvalue weighted by Gasteiger charge is -2.30. The van der Waals surface area contributed by atoms with Crippen molar-refractivity contribution in [1.82, 2.24) is 9.80 Å². The summed E-state index contributed by atoms with van der Waals surface area (Å²) in [7, 11) is 0. The summed E-state index contributed by atoms with van der Waals surface area (Å²) in [6, 6.07) is 11.9. The van der Waals surface area contributed by atoms with Crippen LogP contribution in [-0.4, -0.2) is 41.4 Å². The fourth-order valence-corrected chi connectivity index (χ4v) is 3.45. The Morgan fingerprint density at radius 2 is 1.73 bits per heavy atom. The molecule has 2 aromatic rings. The van der Waals surface area contributed by atoms with E-state index in [1.165, 1.54) is 22.6 Å². The summed E-state index contributed by atoms with van der Waals surface area (Å²) in [4.78, 5) is 28.3. The molecule has 5 nitrogen and oxygen atoms in total. The number of fused-ring (bicyclic) bond motifs is 1. The van der Waals surface area contributed by atoms with E-state index in [9.17, 15) is 22.8 Å². The van der Waals surface area contributed by atoms with Gasteiger partial charge in [0.2, 0.25) is 5.91 Å². The van der Waals surface area contributed by atoms with E-state index < -0.39 is 17.8 Å². The summed E-state index contributed by atoms with van der Waals surface area (Å²) in [5.74, 6) is -0.0229. The first kappa shape index (κ1) is 21.7. The minimum absolute atomic E-state index is 0.0229. The average molecular weight is 419 g/mol. The Bertz CT molecular complexity index is 897. The van der Waals surface area contributed by atoms with Gasteiger partial charge in [-0.25, -0.2) is 4.79 Å². The van der Waals surface area contributed by atoms with Crippen LogP contribution in [0, 0.1) is 0 Å². The van der Waals surface area contributed by atoms with E-state index in [-0.39, 0.29) is 24.6 Å².